The van der Waals surface area contributed by atoms with E-state index in [-0.39, 0.29) is 48.9 Å². The first-order chi connectivity index (χ1) is 18.5. The molecule has 4 aromatic rings. The maximum Gasteiger partial charge on any atom is 0.242 e. The topological polar surface area (TPSA) is 105 Å². The van der Waals surface area contributed by atoms with E-state index in [9.17, 15) is 8.42 Å². The van der Waals surface area contributed by atoms with E-state index in [0.717, 1.165) is 35.2 Å². The highest BCUT2D eigenvalue weighted by molar-refractivity contribution is 7.89. The summed E-state index contributed by atoms with van der Waals surface area (Å²) in [6, 6.07) is 22.0. The highest BCUT2D eigenvalue weighted by Gasteiger charge is 2.25. The molecule has 0 amide bonds. The monoisotopic (exact) mass is 603 g/mol. The van der Waals surface area contributed by atoms with Gasteiger partial charge in [0.1, 0.15) is 22.8 Å². The molecule has 1 aliphatic heterocycles. The number of benzene rings is 2. The second-order valence-corrected chi connectivity index (χ2v) is 11.3. The first-order valence-corrected chi connectivity index (χ1v) is 14.5. The number of anilines is 1. The van der Waals surface area contributed by atoms with Gasteiger partial charge in [-0.15, -0.1) is 24.8 Å². The number of aryl methyl sites for hydroxylation is 1. The number of sulfonamides is 1. The van der Waals surface area contributed by atoms with E-state index in [1.54, 1.807) is 6.07 Å². The number of rotatable bonds is 10. The molecule has 0 spiro atoms. The lowest BCUT2D eigenvalue weighted by atomic mass is 9.92. The molecule has 2 aromatic heterocycles. The fourth-order valence-corrected chi connectivity index (χ4v) is 5.90. The second-order valence-electron chi connectivity index (χ2n) is 9.49. The largest absolute Gasteiger partial charge is 0.490 e. The molecule has 8 nitrogen and oxygen atoms in total. The quantitative estimate of drug-likeness (QED) is 0.207. The van der Waals surface area contributed by atoms with Gasteiger partial charge in [0, 0.05) is 41.7 Å². The Morgan fingerprint density at radius 2 is 1.88 bits per heavy atom. The van der Waals surface area contributed by atoms with Gasteiger partial charge >= 0.3 is 0 Å². The molecule has 214 valence electrons. The van der Waals surface area contributed by atoms with Crippen molar-refractivity contribution in [3.8, 4) is 5.75 Å². The fourth-order valence-electron chi connectivity index (χ4n) is 4.92. The zero-order valence-corrected chi connectivity index (χ0v) is 24.7. The van der Waals surface area contributed by atoms with Gasteiger partial charge in [0.05, 0.1) is 6.04 Å². The second kappa shape index (κ2) is 14.6. The Balaban J connectivity index is 0.00000220. The standard InChI is InChI=1S/C29H33N5O3S.2ClH/c1-21-19-26(34-28(22-9-3-2-4-10-22)25-13-5-6-16-31-25)24-12-7-14-27(29(24)33-21)37-18-17-32-38(35,36)23-11-8-15-30-20-23;;/h2-4,7-12,14-15,19-20,25,28,31-32H,5-6,13,16-18H2,1H3,(H,33,34);2*1H/t25-,28-;;/m0../s1. The van der Waals surface area contributed by atoms with E-state index >= 15 is 0 Å². The minimum absolute atomic E-state index is 0. The fraction of sp³-hybridized carbons (Fsp3) is 0.310. The van der Waals surface area contributed by atoms with Crippen LogP contribution in [-0.2, 0) is 10.0 Å². The summed E-state index contributed by atoms with van der Waals surface area (Å²) in [4.78, 5) is 8.78. The van der Waals surface area contributed by atoms with Crippen LogP contribution in [0.2, 0.25) is 0 Å². The number of fused-ring (bicyclic) bond motifs is 1. The Morgan fingerprint density at radius 3 is 2.60 bits per heavy atom. The van der Waals surface area contributed by atoms with Crippen LogP contribution in [0.3, 0.4) is 0 Å². The zero-order chi connectivity index (χ0) is 26.4. The Kier molecular flexibility index (Phi) is 11.5. The van der Waals surface area contributed by atoms with E-state index in [1.807, 2.05) is 31.2 Å². The maximum atomic E-state index is 12.5. The Bertz CT molecular complexity index is 1470. The first kappa shape index (κ1) is 31.6. The Morgan fingerprint density at radius 1 is 1.05 bits per heavy atom. The van der Waals surface area contributed by atoms with Crippen molar-refractivity contribution >= 4 is 51.4 Å². The minimum Gasteiger partial charge on any atom is -0.490 e. The molecule has 5 rings (SSSR count). The molecule has 40 heavy (non-hydrogen) atoms. The van der Waals surface area contributed by atoms with Gasteiger partial charge in [0.25, 0.3) is 0 Å². The highest BCUT2D eigenvalue weighted by Crippen LogP contribution is 2.34. The van der Waals surface area contributed by atoms with Crippen LogP contribution in [0.5, 0.6) is 5.75 Å². The lowest BCUT2D eigenvalue weighted by Gasteiger charge is -2.33. The van der Waals surface area contributed by atoms with Gasteiger partial charge in [0.2, 0.25) is 10.0 Å². The molecular formula is C29H35Cl2N5O3S. The molecule has 1 saturated heterocycles. The summed E-state index contributed by atoms with van der Waals surface area (Å²) in [6.07, 6.45) is 6.38. The molecule has 0 bridgehead atoms. The zero-order valence-electron chi connectivity index (χ0n) is 22.2. The lowest BCUT2D eigenvalue weighted by Crippen LogP contribution is -2.41. The van der Waals surface area contributed by atoms with Crippen LogP contribution in [0, 0.1) is 6.92 Å². The number of piperidine rings is 1. The van der Waals surface area contributed by atoms with Crippen LogP contribution < -0.4 is 20.1 Å². The van der Waals surface area contributed by atoms with Crippen LogP contribution in [-0.4, -0.2) is 44.1 Å². The van der Waals surface area contributed by atoms with E-state index in [2.05, 4.69) is 50.7 Å². The van der Waals surface area contributed by atoms with Crippen LogP contribution in [0.25, 0.3) is 10.9 Å². The van der Waals surface area contributed by atoms with Gasteiger partial charge in [-0.25, -0.2) is 18.1 Å². The molecule has 2 atom stereocenters. The van der Waals surface area contributed by atoms with Gasteiger partial charge < -0.3 is 15.4 Å². The predicted octanol–water partition coefficient (Wildman–Crippen LogP) is 5.43. The summed E-state index contributed by atoms with van der Waals surface area (Å²) in [7, 11) is -3.65. The smallest absolute Gasteiger partial charge is 0.242 e. The SMILES string of the molecule is Cc1cc(N[C@@H](c2ccccc2)[C@@H]2CCCCN2)c2cccc(OCCNS(=O)(=O)c3cccnc3)c2n1.Cl.Cl. The molecule has 1 aliphatic rings. The molecule has 3 heterocycles. The number of nitrogens with one attached hydrogen (secondary N) is 3. The molecule has 3 N–H and O–H groups in total. The third kappa shape index (κ3) is 7.62. The molecule has 1 fully saturated rings. The van der Waals surface area contributed by atoms with Crippen molar-refractivity contribution in [2.45, 2.75) is 43.2 Å². The number of ether oxygens (including phenoxy) is 1. The van der Waals surface area contributed by atoms with Crippen molar-refractivity contribution in [3.63, 3.8) is 0 Å². The van der Waals surface area contributed by atoms with Crippen LogP contribution in [0.4, 0.5) is 5.69 Å². The minimum atomic E-state index is -3.65. The van der Waals surface area contributed by atoms with E-state index in [4.69, 9.17) is 9.72 Å². The average Bonchev–Trinajstić information content (AvgIpc) is 2.95. The summed E-state index contributed by atoms with van der Waals surface area (Å²) in [6.45, 7) is 3.28. The maximum absolute atomic E-state index is 12.5. The normalized spacial score (nSPS) is 15.9. The summed E-state index contributed by atoms with van der Waals surface area (Å²) < 4.78 is 33.5. The van der Waals surface area contributed by atoms with Crippen molar-refractivity contribution in [2.75, 3.05) is 25.0 Å². The number of aromatic nitrogens is 2. The van der Waals surface area contributed by atoms with Gasteiger partial charge in [-0.3, -0.25) is 4.98 Å². The molecule has 11 heteroatoms. The van der Waals surface area contributed by atoms with E-state index in [1.165, 1.54) is 36.9 Å². The summed E-state index contributed by atoms with van der Waals surface area (Å²) >= 11 is 0. The van der Waals surface area contributed by atoms with Crippen molar-refractivity contribution < 1.29 is 13.2 Å². The Labute approximate surface area is 248 Å². The van der Waals surface area contributed by atoms with E-state index in [0.29, 0.717) is 11.8 Å². The number of para-hydroxylation sites is 1. The summed E-state index contributed by atoms with van der Waals surface area (Å²) in [5.41, 5.74) is 3.85. The number of nitrogens with zero attached hydrogens (tertiary/aromatic N) is 2. The molecule has 0 saturated carbocycles. The van der Waals surface area contributed by atoms with Crippen LogP contribution in [0.1, 0.15) is 36.6 Å². The predicted molar refractivity (Wildman–Crippen MR) is 164 cm³/mol. The van der Waals surface area contributed by atoms with Crippen LogP contribution in [0.15, 0.2) is 84.0 Å². The summed E-state index contributed by atoms with van der Waals surface area (Å²) in [5, 5.41) is 8.49. The highest BCUT2D eigenvalue weighted by atomic mass is 35.5. The van der Waals surface area contributed by atoms with Gasteiger partial charge in [0.15, 0.2) is 0 Å². The van der Waals surface area contributed by atoms with Gasteiger partial charge in [-0.1, -0.05) is 48.9 Å². The molecule has 0 radical (unpaired) electrons. The van der Waals surface area contributed by atoms with Crippen molar-refractivity contribution in [2.24, 2.45) is 0 Å². The van der Waals surface area contributed by atoms with Crippen molar-refractivity contribution in [3.05, 3.63) is 90.4 Å². The average molecular weight is 605 g/mol. The number of hydrogen-bond acceptors (Lipinski definition) is 7. The molecule has 0 aliphatic carbocycles. The molecular weight excluding hydrogens is 569 g/mol. The first-order valence-electron chi connectivity index (χ1n) is 13.0. The lowest BCUT2D eigenvalue weighted by molar-refractivity contribution is 0.326. The third-order valence-electron chi connectivity index (χ3n) is 6.75. The van der Waals surface area contributed by atoms with Crippen molar-refractivity contribution in [1.29, 1.82) is 0 Å². The number of hydrogen-bond donors (Lipinski definition) is 3. The molecule has 2 aromatic carbocycles. The van der Waals surface area contributed by atoms with Gasteiger partial charge in [-0.05, 0) is 56.1 Å². The van der Waals surface area contributed by atoms with Crippen LogP contribution >= 0.6 is 24.8 Å². The third-order valence-corrected chi connectivity index (χ3v) is 8.19. The van der Waals surface area contributed by atoms with Crippen molar-refractivity contribution in [1.82, 2.24) is 20.0 Å². The number of halogens is 2. The summed E-state index contributed by atoms with van der Waals surface area (Å²) in [5.74, 6) is 0.613. The number of pyridine rings is 2. The van der Waals surface area contributed by atoms with Gasteiger partial charge in [-0.2, -0.15) is 0 Å². The molecule has 0 unspecified atom stereocenters. The van der Waals surface area contributed by atoms with E-state index < -0.39 is 10.0 Å². The Hall–Kier alpha value is -2.95.